The van der Waals surface area contributed by atoms with E-state index in [4.69, 9.17) is 10.6 Å². The second-order valence-electron chi connectivity index (χ2n) is 4.74. The number of anilines is 1. The lowest BCUT2D eigenvalue weighted by Crippen LogP contribution is -2.12. The highest BCUT2D eigenvalue weighted by Gasteiger charge is 2.11. The van der Waals surface area contributed by atoms with Crippen LogP contribution in [0.1, 0.15) is 11.4 Å². The number of benzene rings is 1. The van der Waals surface area contributed by atoms with Crippen LogP contribution in [0.5, 0.6) is 5.75 Å². The van der Waals surface area contributed by atoms with E-state index in [1.807, 2.05) is 38.2 Å². The minimum Gasteiger partial charge on any atom is -0.486 e. The molecule has 0 unspecified atom stereocenters. The molecule has 0 spiro atoms. The topological polar surface area (TPSA) is 90.9 Å². The zero-order valence-corrected chi connectivity index (χ0v) is 11.9. The number of aromatic nitrogens is 4. The molecule has 0 aliphatic carbocycles. The van der Waals surface area contributed by atoms with Crippen LogP contribution in [-0.4, -0.2) is 19.7 Å². The van der Waals surface area contributed by atoms with Gasteiger partial charge in [0.15, 0.2) is 17.3 Å². The first kappa shape index (κ1) is 13.3. The molecule has 0 amide bonds. The number of ether oxygens (including phenoxy) is 1. The SMILES string of the molecule is Cc1cccc(OCc2nc(NN)c3cnn(C)c3n2)c1. The number of nitrogens with one attached hydrogen (secondary N) is 1. The van der Waals surface area contributed by atoms with E-state index >= 15 is 0 Å². The van der Waals surface area contributed by atoms with Crippen LogP contribution in [-0.2, 0) is 13.7 Å². The normalized spacial score (nSPS) is 10.8. The number of hydrogen-bond acceptors (Lipinski definition) is 6. The molecule has 0 aliphatic rings. The summed E-state index contributed by atoms with van der Waals surface area (Å²) in [5.74, 6) is 7.37. The Morgan fingerprint density at radius 1 is 1.33 bits per heavy atom. The molecule has 0 saturated heterocycles. The van der Waals surface area contributed by atoms with Crippen LogP contribution in [0, 0.1) is 6.92 Å². The van der Waals surface area contributed by atoms with Crippen molar-refractivity contribution in [2.45, 2.75) is 13.5 Å². The standard InChI is InChI=1S/C14H16N6O/c1-9-4-3-5-10(6-9)21-8-12-17-13(19-15)11-7-16-20(2)14(11)18-12/h3-7H,8,15H2,1-2H3,(H,17,18,19). The Kier molecular flexibility index (Phi) is 3.41. The Labute approximate surface area is 121 Å². The smallest absolute Gasteiger partial charge is 0.170 e. The van der Waals surface area contributed by atoms with Gasteiger partial charge in [0.2, 0.25) is 0 Å². The molecule has 21 heavy (non-hydrogen) atoms. The summed E-state index contributed by atoms with van der Waals surface area (Å²) in [4.78, 5) is 8.79. The van der Waals surface area contributed by atoms with Gasteiger partial charge in [0.25, 0.3) is 0 Å². The highest BCUT2D eigenvalue weighted by molar-refractivity contribution is 5.86. The van der Waals surface area contributed by atoms with Gasteiger partial charge in [0.05, 0.1) is 11.6 Å². The maximum Gasteiger partial charge on any atom is 0.170 e. The van der Waals surface area contributed by atoms with Crippen LogP contribution in [0.25, 0.3) is 11.0 Å². The Bertz CT molecular complexity index is 782. The molecule has 7 nitrogen and oxygen atoms in total. The van der Waals surface area contributed by atoms with Crippen molar-refractivity contribution in [2.75, 3.05) is 5.43 Å². The highest BCUT2D eigenvalue weighted by Crippen LogP contribution is 2.19. The lowest BCUT2D eigenvalue weighted by Gasteiger charge is -2.08. The maximum atomic E-state index is 5.71. The van der Waals surface area contributed by atoms with E-state index in [9.17, 15) is 0 Å². The van der Waals surface area contributed by atoms with Gasteiger partial charge in [-0.15, -0.1) is 0 Å². The van der Waals surface area contributed by atoms with E-state index in [1.54, 1.807) is 10.9 Å². The third kappa shape index (κ3) is 2.63. The van der Waals surface area contributed by atoms with Gasteiger partial charge in [0.1, 0.15) is 12.4 Å². The van der Waals surface area contributed by atoms with Crippen molar-refractivity contribution in [1.29, 1.82) is 0 Å². The van der Waals surface area contributed by atoms with E-state index < -0.39 is 0 Å². The van der Waals surface area contributed by atoms with Crippen molar-refractivity contribution in [2.24, 2.45) is 12.9 Å². The molecule has 3 rings (SSSR count). The van der Waals surface area contributed by atoms with Crippen molar-refractivity contribution < 1.29 is 4.74 Å². The van der Waals surface area contributed by atoms with Gasteiger partial charge in [-0.2, -0.15) is 5.10 Å². The number of nitrogens with two attached hydrogens (primary N) is 1. The molecular formula is C14H16N6O. The number of aryl methyl sites for hydroxylation is 2. The van der Waals surface area contributed by atoms with E-state index in [0.29, 0.717) is 17.3 Å². The summed E-state index contributed by atoms with van der Waals surface area (Å²) < 4.78 is 7.39. The molecule has 7 heteroatoms. The monoisotopic (exact) mass is 284 g/mol. The summed E-state index contributed by atoms with van der Waals surface area (Å²) in [7, 11) is 1.82. The van der Waals surface area contributed by atoms with Gasteiger partial charge in [-0.05, 0) is 24.6 Å². The summed E-state index contributed by atoms with van der Waals surface area (Å²) in [6, 6.07) is 7.83. The summed E-state index contributed by atoms with van der Waals surface area (Å²) >= 11 is 0. The summed E-state index contributed by atoms with van der Waals surface area (Å²) in [5.41, 5.74) is 4.42. The predicted octanol–water partition coefficient (Wildman–Crippen LogP) is 1.54. The van der Waals surface area contributed by atoms with E-state index in [-0.39, 0.29) is 6.61 Å². The zero-order valence-electron chi connectivity index (χ0n) is 11.9. The first-order valence-corrected chi connectivity index (χ1v) is 6.52. The number of hydrogen-bond donors (Lipinski definition) is 2. The number of nitrogen functional groups attached to an aromatic ring is 1. The van der Waals surface area contributed by atoms with Gasteiger partial charge in [-0.1, -0.05) is 12.1 Å². The Morgan fingerprint density at radius 3 is 2.95 bits per heavy atom. The van der Waals surface area contributed by atoms with Crippen LogP contribution in [0.15, 0.2) is 30.5 Å². The van der Waals surface area contributed by atoms with Crippen LogP contribution in [0.4, 0.5) is 5.82 Å². The van der Waals surface area contributed by atoms with Gasteiger partial charge in [-0.3, -0.25) is 4.68 Å². The quantitative estimate of drug-likeness (QED) is 0.558. The Hall–Kier alpha value is -2.67. The predicted molar refractivity (Wildman–Crippen MR) is 79.6 cm³/mol. The maximum absolute atomic E-state index is 5.71. The molecule has 2 heterocycles. The highest BCUT2D eigenvalue weighted by atomic mass is 16.5. The molecule has 0 radical (unpaired) electrons. The largest absolute Gasteiger partial charge is 0.486 e. The minimum atomic E-state index is 0.263. The van der Waals surface area contributed by atoms with E-state index in [1.165, 1.54) is 0 Å². The molecule has 1 aromatic carbocycles. The van der Waals surface area contributed by atoms with Crippen molar-refractivity contribution in [3.63, 3.8) is 0 Å². The average Bonchev–Trinajstić information content (AvgIpc) is 2.86. The van der Waals surface area contributed by atoms with Crippen LogP contribution >= 0.6 is 0 Å². The summed E-state index contributed by atoms with van der Waals surface area (Å²) in [6.45, 7) is 2.28. The van der Waals surface area contributed by atoms with Gasteiger partial charge < -0.3 is 10.2 Å². The number of fused-ring (bicyclic) bond motifs is 1. The Morgan fingerprint density at radius 2 is 2.19 bits per heavy atom. The van der Waals surface area contributed by atoms with Gasteiger partial charge >= 0.3 is 0 Å². The summed E-state index contributed by atoms with van der Waals surface area (Å²) in [6.07, 6.45) is 1.68. The van der Waals surface area contributed by atoms with Crippen LogP contribution in [0.2, 0.25) is 0 Å². The molecule has 2 aromatic heterocycles. The fourth-order valence-electron chi connectivity index (χ4n) is 2.09. The van der Waals surface area contributed by atoms with E-state index in [2.05, 4.69) is 20.5 Å². The molecule has 3 aromatic rings. The number of nitrogens with zero attached hydrogens (tertiary/aromatic N) is 4. The number of hydrazine groups is 1. The zero-order chi connectivity index (χ0) is 14.8. The second-order valence-corrected chi connectivity index (χ2v) is 4.74. The van der Waals surface area contributed by atoms with Gasteiger partial charge in [0, 0.05) is 7.05 Å². The fraction of sp³-hybridized carbons (Fsp3) is 0.214. The molecule has 0 aliphatic heterocycles. The third-order valence-corrected chi connectivity index (χ3v) is 3.13. The van der Waals surface area contributed by atoms with Crippen molar-refractivity contribution in [3.05, 3.63) is 41.9 Å². The average molecular weight is 284 g/mol. The van der Waals surface area contributed by atoms with Crippen molar-refractivity contribution in [1.82, 2.24) is 19.7 Å². The van der Waals surface area contributed by atoms with Crippen LogP contribution < -0.4 is 16.0 Å². The van der Waals surface area contributed by atoms with Gasteiger partial charge in [-0.25, -0.2) is 15.8 Å². The Balaban J connectivity index is 1.88. The molecule has 0 atom stereocenters. The lowest BCUT2D eigenvalue weighted by molar-refractivity contribution is 0.296. The van der Waals surface area contributed by atoms with Crippen molar-refractivity contribution >= 4 is 16.9 Å². The van der Waals surface area contributed by atoms with E-state index in [0.717, 1.165) is 16.7 Å². The van der Waals surface area contributed by atoms with Crippen LogP contribution in [0.3, 0.4) is 0 Å². The lowest BCUT2D eigenvalue weighted by atomic mass is 10.2. The molecule has 0 bridgehead atoms. The molecule has 0 fully saturated rings. The molecule has 3 N–H and O–H groups in total. The number of rotatable bonds is 4. The molecule has 108 valence electrons. The first-order valence-electron chi connectivity index (χ1n) is 6.52. The summed E-state index contributed by atoms with van der Waals surface area (Å²) in [5, 5.41) is 4.93. The third-order valence-electron chi connectivity index (χ3n) is 3.13. The minimum absolute atomic E-state index is 0.263. The second kappa shape index (κ2) is 5.37. The van der Waals surface area contributed by atoms with Crippen molar-refractivity contribution in [3.8, 4) is 5.75 Å². The fourth-order valence-corrected chi connectivity index (χ4v) is 2.09. The molecular weight excluding hydrogens is 268 g/mol. The first-order chi connectivity index (χ1) is 10.2. The molecule has 0 saturated carbocycles.